The van der Waals surface area contributed by atoms with Gasteiger partial charge in [-0.3, -0.25) is 11.3 Å². The Morgan fingerprint density at radius 1 is 1.57 bits per heavy atom. The molecule has 0 heterocycles. The molecule has 0 aliphatic heterocycles. The molecule has 0 fully saturated rings. The van der Waals surface area contributed by atoms with Crippen LogP contribution < -0.4 is 11.3 Å². The van der Waals surface area contributed by atoms with Crippen LogP contribution in [-0.4, -0.2) is 17.0 Å². The number of nitrogens with two attached hydrogens (primary N) is 1. The van der Waals surface area contributed by atoms with Gasteiger partial charge in [-0.05, 0) is 26.2 Å². The highest BCUT2D eigenvalue weighted by Gasteiger charge is 2.08. The molecule has 2 atom stereocenters. The second-order valence-corrected chi connectivity index (χ2v) is 5.38. The van der Waals surface area contributed by atoms with Crippen molar-refractivity contribution in [2.24, 2.45) is 5.84 Å². The molecule has 0 aromatic carbocycles. The number of thioether (sulfide) groups is 1. The zero-order valence-corrected chi connectivity index (χ0v) is 10.5. The van der Waals surface area contributed by atoms with Crippen LogP contribution in [0.2, 0.25) is 0 Å². The van der Waals surface area contributed by atoms with Gasteiger partial charge in [0.15, 0.2) is 0 Å². The molecule has 0 saturated carbocycles. The summed E-state index contributed by atoms with van der Waals surface area (Å²) in [5.41, 5.74) is 4.11. The smallest absolute Gasteiger partial charge is 0.0304 e. The molecule has 14 heavy (non-hydrogen) atoms. The monoisotopic (exact) mass is 216 g/mol. The third-order valence-electron chi connectivity index (χ3n) is 2.31. The molecule has 0 spiro atoms. The van der Waals surface area contributed by atoms with Crippen LogP contribution in [0.1, 0.15) is 40.0 Å². The molecule has 0 radical (unpaired) electrons. The van der Waals surface area contributed by atoms with Gasteiger partial charge in [0.05, 0.1) is 0 Å². The zero-order chi connectivity index (χ0) is 11.0. The van der Waals surface area contributed by atoms with E-state index in [-0.39, 0.29) is 0 Å². The van der Waals surface area contributed by atoms with Crippen LogP contribution in [0.25, 0.3) is 0 Å². The van der Waals surface area contributed by atoms with E-state index in [2.05, 4.69) is 32.8 Å². The summed E-state index contributed by atoms with van der Waals surface area (Å²) in [5, 5.41) is 0.732. The minimum absolute atomic E-state index is 0.422. The van der Waals surface area contributed by atoms with Gasteiger partial charge in [0.2, 0.25) is 0 Å². The van der Waals surface area contributed by atoms with Gasteiger partial charge in [0, 0.05) is 17.0 Å². The van der Waals surface area contributed by atoms with Gasteiger partial charge in [-0.15, -0.1) is 6.58 Å². The highest BCUT2D eigenvalue weighted by atomic mass is 32.2. The zero-order valence-electron chi connectivity index (χ0n) is 9.68. The minimum atomic E-state index is 0.422. The first kappa shape index (κ1) is 14.0. The van der Waals surface area contributed by atoms with Crippen molar-refractivity contribution in [1.82, 2.24) is 5.43 Å². The molecule has 0 aliphatic rings. The standard InChI is InChI=1S/C11H24N2S/c1-5-10(4)14-8-11(13-12)7-6-9(2)3/h10-11,13H,2,5-8,12H2,1,3-4H3. The molecule has 0 aromatic heterocycles. The Kier molecular flexibility index (Phi) is 8.34. The maximum absolute atomic E-state index is 5.49. The van der Waals surface area contributed by atoms with Crippen LogP contribution in [0.3, 0.4) is 0 Å². The predicted octanol–water partition coefficient (Wildman–Crippen LogP) is 2.71. The van der Waals surface area contributed by atoms with Crippen LogP contribution in [0, 0.1) is 0 Å². The fourth-order valence-corrected chi connectivity index (χ4v) is 2.09. The molecular weight excluding hydrogens is 192 g/mol. The summed E-state index contributed by atoms with van der Waals surface area (Å²) < 4.78 is 0. The number of hydrazine groups is 1. The van der Waals surface area contributed by atoms with Gasteiger partial charge in [-0.1, -0.05) is 19.4 Å². The highest BCUT2D eigenvalue weighted by molar-refractivity contribution is 7.99. The SMILES string of the molecule is C=C(C)CCC(CSC(C)CC)NN. The maximum atomic E-state index is 5.49. The van der Waals surface area contributed by atoms with Crippen molar-refractivity contribution >= 4 is 11.8 Å². The molecule has 2 unspecified atom stereocenters. The number of allylic oxidation sites excluding steroid dienone is 1. The lowest BCUT2D eigenvalue weighted by Gasteiger charge is -2.17. The van der Waals surface area contributed by atoms with E-state index < -0.39 is 0 Å². The largest absolute Gasteiger partial charge is 0.271 e. The predicted molar refractivity (Wildman–Crippen MR) is 67.4 cm³/mol. The topological polar surface area (TPSA) is 38.0 Å². The summed E-state index contributed by atoms with van der Waals surface area (Å²) in [6.07, 6.45) is 3.38. The van der Waals surface area contributed by atoms with Crippen LogP contribution >= 0.6 is 11.8 Å². The molecule has 0 bridgehead atoms. The molecule has 3 N–H and O–H groups in total. The van der Waals surface area contributed by atoms with E-state index in [0.29, 0.717) is 6.04 Å². The normalized spacial score (nSPS) is 15.1. The fourth-order valence-electron chi connectivity index (χ4n) is 1.03. The van der Waals surface area contributed by atoms with E-state index in [4.69, 9.17) is 5.84 Å². The molecule has 0 rings (SSSR count). The molecule has 0 saturated heterocycles. The van der Waals surface area contributed by atoms with Crippen LogP contribution in [0.5, 0.6) is 0 Å². The second kappa shape index (κ2) is 8.33. The number of nitrogens with one attached hydrogen (secondary N) is 1. The van der Waals surface area contributed by atoms with Crippen molar-refractivity contribution in [3.63, 3.8) is 0 Å². The van der Waals surface area contributed by atoms with E-state index in [1.165, 1.54) is 12.0 Å². The Morgan fingerprint density at radius 3 is 2.64 bits per heavy atom. The first-order valence-corrected chi connectivity index (χ1v) is 6.37. The number of rotatable bonds is 8. The van der Waals surface area contributed by atoms with Gasteiger partial charge in [-0.25, -0.2) is 0 Å². The lowest BCUT2D eigenvalue weighted by Crippen LogP contribution is -2.37. The molecular formula is C11H24N2S. The molecule has 0 aromatic rings. The van der Waals surface area contributed by atoms with E-state index in [0.717, 1.165) is 23.8 Å². The molecule has 0 aliphatic carbocycles. The summed E-state index contributed by atoms with van der Waals surface area (Å²) >= 11 is 1.99. The Morgan fingerprint density at radius 2 is 2.21 bits per heavy atom. The molecule has 3 heteroatoms. The summed E-state index contributed by atoms with van der Waals surface area (Å²) in [6, 6.07) is 0.422. The third kappa shape index (κ3) is 7.42. The molecule has 2 nitrogen and oxygen atoms in total. The van der Waals surface area contributed by atoms with Gasteiger partial charge in [0.1, 0.15) is 0 Å². The Bertz CT molecular complexity index is 159. The number of hydrogen-bond acceptors (Lipinski definition) is 3. The first-order chi connectivity index (χ1) is 6.60. The Hall–Kier alpha value is 0.01000. The van der Waals surface area contributed by atoms with Crippen molar-refractivity contribution in [2.45, 2.75) is 51.3 Å². The highest BCUT2D eigenvalue weighted by Crippen LogP contribution is 2.16. The summed E-state index contributed by atoms with van der Waals surface area (Å²) in [4.78, 5) is 0. The summed E-state index contributed by atoms with van der Waals surface area (Å²) in [7, 11) is 0. The third-order valence-corrected chi connectivity index (χ3v) is 3.81. The van der Waals surface area contributed by atoms with Gasteiger partial charge >= 0.3 is 0 Å². The van der Waals surface area contributed by atoms with Gasteiger partial charge in [0.25, 0.3) is 0 Å². The van der Waals surface area contributed by atoms with E-state index >= 15 is 0 Å². The van der Waals surface area contributed by atoms with Crippen molar-refractivity contribution < 1.29 is 0 Å². The quantitative estimate of drug-likeness (QED) is 0.372. The average molecular weight is 216 g/mol. The fraction of sp³-hybridized carbons (Fsp3) is 0.818. The average Bonchev–Trinajstić information content (AvgIpc) is 2.17. The summed E-state index contributed by atoms with van der Waals surface area (Å²) in [6.45, 7) is 10.4. The second-order valence-electron chi connectivity index (χ2n) is 3.91. The Balaban J connectivity index is 3.62. The van der Waals surface area contributed by atoms with Crippen molar-refractivity contribution in [3.05, 3.63) is 12.2 Å². The molecule has 0 amide bonds. The summed E-state index contributed by atoms with van der Waals surface area (Å²) in [5.74, 6) is 6.59. The lowest BCUT2D eigenvalue weighted by atomic mass is 10.1. The van der Waals surface area contributed by atoms with E-state index in [1.807, 2.05) is 11.8 Å². The minimum Gasteiger partial charge on any atom is -0.271 e. The first-order valence-electron chi connectivity index (χ1n) is 5.32. The van der Waals surface area contributed by atoms with Gasteiger partial charge in [-0.2, -0.15) is 11.8 Å². The van der Waals surface area contributed by atoms with E-state index in [9.17, 15) is 0 Å². The number of hydrogen-bond donors (Lipinski definition) is 2. The van der Waals surface area contributed by atoms with Crippen LogP contribution in [0.4, 0.5) is 0 Å². The van der Waals surface area contributed by atoms with Crippen molar-refractivity contribution in [3.8, 4) is 0 Å². The van der Waals surface area contributed by atoms with Crippen LogP contribution in [0.15, 0.2) is 12.2 Å². The molecule has 84 valence electrons. The van der Waals surface area contributed by atoms with E-state index in [1.54, 1.807) is 0 Å². The maximum Gasteiger partial charge on any atom is 0.0304 e. The van der Waals surface area contributed by atoms with Gasteiger partial charge < -0.3 is 0 Å². The Labute approximate surface area is 92.7 Å². The van der Waals surface area contributed by atoms with Crippen molar-refractivity contribution in [1.29, 1.82) is 0 Å². The lowest BCUT2D eigenvalue weighted by molar-refractivity contribution is 0.537. The van der Waals surface area contributed by atoms with Crippen LogP contribution in [-0.2, 0) is 0 Å². The van der Waals surface area contributed by atoms with Crippen molar-refractivity contribution in [2.75, 3.05) is 5.75 Å².